The summed E-state index contributed by atoms with van der Waals surface area (Å²) < 4.78 is 1.88. The Morgan fingerprint density at radius 3 is 2.42 bits per heavy atom. The van der Waals surface area contributed by atoms with Crippen LogP contribution in [0.4, 0.5) is 0 Å². The summed E-state index contributed by atoms with van der Waals surface area (Å²) in [5, 5.41) is 9.03. The maximum absolute atomic E-state index is 5.99. The fourth-order valence-corrected chi connectivity index (χ4v) is 2.61. The largest absolute Gasteiger partial charge is 0.306 e. The van der Waals surface area contributed by atoms with Gasteiger partial charge < -0.3 is 5.32 Å². The fourth-order valence-electron chi connectivity index (χ4n) is 2.03. The molecule has 0 saturated carbocycles. The van der Waals surface area contributed by atoms with Crippen LogP contribution < -0.4 is 5.32 Å². The lowest BCUT2D eigenvalue weighted by Gasteiger charge is -2.14. The van der Waals surface area contributed by atoms with Gasteiger partial charge in [0, 0.05) is 40.9 Å². The average molecular weight is 298 g/mol. The Balaban J connectivity index is 2.04. The van der Waals surface area contributed by atoms with Crippen LogP contribution in [-0.4, -0.2) is 9.78 Å². The molecule has 1 unspecified atom stereocenters. The van der Waals surface area contributed by atoms with Gasteiger partial charge in [0.05, 0.1) is 6.20 Å². The molecular weight excluding hydrogens is 281 g/mol. The van der Waals surface area contributed by atoms with Crippen molar-refractivity contribution in [3.05, 3.63) is 51.3 Å². The summed E-state index contributed by atoms with van der Waals surface area (Å²) in [6.45, 7) is 4.91. The van der Waals surface area contributed by atoms with Crippen LogP contribution in [0.15, 0.2) is 24.4 Å². The summed E-state index contributed by atoms with van der Waals surface area (Å²) >= 11 is 12.0. The SMILES string of the molecule is Cc1c(C(C)NCc2cc(Cl)cc(Cl)c2)cnn1C. The number of hydrogen-bond acceptors (Lipinski definition) is 2. The Morgan fingerprint density at radius 2 is 1.89 bits per heavy atom. The molecule has 1 atom stereocenters. The molecule has 1 aromatic carbocycles. The van der Waals surface area contributed by atoms with Crippen LogP contribution in [0.2, 0.25) is 10.0 Å². The smallest absolute Gasteiger partial charge is 0.0540 e. The quantitative estimate of drug-likeness (QED) is 0.928. The number of aromatic nitrogens is 2. The van der Waals surface area contributed by atoms with Crippen molar-refractivity contribution in [1.29, 1.82) is 0 Å². The molecule has 0 aliphatic heterocycles. The lowest BCUT2D eigenvalue weighted by Crippen LogP contribution is -2.18. The van der Waals surface area contributed by atoms with Crippen molar-refractivity contribution in [2.24, 2.45) is 7.05 Å². The molecule has 3 nitrogen and oxygen atoms in total. The van der Waals surface area contributed by atoms with Crippen molar-refractivity contribution in [3.8, 4) is 0 Å². The summed E-state index contributed by atoms with van der Waals surface area (Å²) in [4.78, 5) is 0. The Morgan fingerprint density at radius 1 is 1.26 bits per heavy atom. The Bertz CT molecular complexity index is 558. The van der Waals surface area contributed by atoms with Crippen molar-refractivity contribution in [2.45, 2.75) is 26.4 Å². The van der Waals surface area contributed by atoms with Crippen LogP contribution in [0.3, 0.4) is 0 Å². The van der Waals surface area contributed by atoms with Crippen LogP contribution in [0.5, 0.6) is 0 Å². The predicted octanol–water partition coefficient (Wildman–Crippen LogP) is 3.89. The zero-order valence-electron chi connectivity index (χ0n) is 11.2. The maximum atomic E-state index is 5.99. The Kier molecular flexibility index (Phi) is 4.50. The normalized spacial score (nSPS) is 12.7. The molecule has 1 aromatic heterocycles. The lowest BCUT2D eigenvalue weighted by molar-refractivity contribution is 0.570. The summed E-state index contributed by atoms with van der Waals surface area (Å²) in [5.41, 5.74) is 3.45. The van der Waals surface area contributed by atoms with Gasteiger partial charge in [-0.2, -0.15) is 5.10 Å². The van der Waals surface area contributed by atoms with E-state index in [1.807, 2.05) is 30.1 Å². The molecule has 0 saturated heterocycles. The van der Waals surface area contributed by atoms with Crippen molar-refractivity contribution >= 4 is 23.2 Å². The van der Waals surface area contributed by atoms with Gasteiger partial charge in [-0.1, -0.05) is 23.2 Å². The van der Waals surface area contributed by atoms with E-state index >= 15 is 0 Å². The molecule has 0 aliphatic carbocycles. The number of rotatable bonds is 4. The third-order valence-electron chi connectivity index (χ3n) is 3.27. The fraction of sp³-hybridized carbons (Fsp3) is 0.357. The first-order valence-corrected chi connectivity index (χ1v) is 6.90. The maximum Gasteiger partial charge on any atom is 0.0540 e. The molecule has 1 heterocycles. The van der Waals surface area contributed by atoms with Crippen LogP contribution in [0.25, 0.3) is 0 Å². The number of nitrogens with one attached hydrogen (secondary N) is 1. The number of aryl methyl sites for hydroxylation is 1. The van der Waals surface area contributed by atoms with Crippen LogP contribution >= 0.6 is 23.2 Å². The molecule has 0 radical (unpaired) electrons. The Hall–Kier alpha value is -1.03. The minimum Gasteiger partial charge on any atom is -0.306 e. The van der Waals surface area contributed by atoms with Gasteiger partial charge >= 0.3 is 0 Å². The average Bonchev–Trinajstić information content (AvgIpc) is 2.66. The first-order chi connectivity index (χ1) is 8.97. The zero-order valence-corrected chi connectivity index (χ0v) is 12.8. The highest BCUT2D eigenvalue weighted by Gasteiger charge is 2.11. The minimum absolute atomic E-state index is 0.228. The van der Waals surface area contributed by atoms with Crippen molar-refractivity contribution in [2.75, 3.05) is 0 Å². The van der Waals surface area contributed by atoms with E-state index in [4.69, 9.17) is 23.2 Å². The van der Waals surface area contributed by atoms with E-state index in [1.165, 1.54) is 11.3 Å². The van der Waals surface area contributed by atoms with Gasteiger partial charge in [-0.25, -0.2) is 0 Å². The van der Waals surface area contributed by atoms with Crippen molar-refractivity contribution in [3.63, 3.8) is 0 Å². The molecule has 1 N–H and O–H groups in total. The van der Waals surface area contributed by atoms with Gasteiger partial charge in [-0.3, -0.25) is 4.68 Å². The number of hydrogen-bond donors (Lipinski definition) is 1. The van der Waals surface area contributed by atoms with Gasteiger partial charge in [0.25, 0.3) is 0 Å². The highest BCUT2D eigenvalue weighted by molar-refractivity contribution is 6.34. The van der Waals surface area contributed by atoms with Crippen LogP contribution in [0.1, 0.15) is 29.8 Å². The molecule has 0 aliphatic rings. The van der Waals surface area contributed by atoms with Crippen LogP contribution in [0, 0.1) is 6.92 Å². The van der Waals surface area contributed by atoms with E-state index in [2.05, 4.69) is 24.3 Å². The van der Waals surface area contributed by atoms with Gasteiger partial charge in [0.1, 0.15) is 0 Å². The third kappa shape index (κ3) is 3.50. The summed E-state index contributed by atoms with van der Waals surface area (Å²) in [7, 11) is 1.95. The number of halogens is 2. The molecule has 0 bridgehead atoms. The van der Waals surface area contributed by atoms with E-state index in [9.17, 15) is 0 Å². The van der Waals surface area contributed by atoms with Crippen molar-refractivity contribution < 1.29 is 0 Å². The molecule has 102 valence electrons. The molecule has 2 rings (SSSR count). The van der Waals surface area contributed by atoms with Gasteiger partial charge in [-0.15, -0.1) is 0 Å². The second-order valence-corrected chi connectivity index (χ2v) is 5.56. The van der Waals surface area contributed by atoms with E-state index in [1.54, 1.807) is 6.07 Å². The molecule has 0 amide bonds. The van der Waals surface area contributed by atoms with Gasteiger partial charge in [0.15, 0.2) is 0 Å². The summed E-state index contributed by atoms with van der Waals surface area (Å²) in [6, 6.07) is 5.81. The lowest BCUT2D eigenvalue weighted by atomic mass is 10.1. The second-order valence-electron chi connectivity index (χ2n) is 4.69. The van der Waals surface area contributed by atoms with Gasteiger partial charge in [0.2, 0.25) is 0 Å². The molecule has 0 spiro atoms. The third-order valence-corrected chi connectivity index (χ3v) is 3.71. The van der Waals surface area contributed by atoms with E-state index in [-0.39, 0.29) is 6.04 Å². The minimum atomic E-state index is 0.228. The van der Waals surface area contributed by atoms with E-state index in [0.29, 0.717) is 10.0 Å². The monoisotopic (exact) mass is 297 g/mol. The van der Waals surface area contributed by atoms with Crippen molar-refractivity contribution in [1.82, 2.24) is 15.1 Å². The molecular formula is C14H17Cl2N3. The molecule has 5 heteroatoms. The summed E-state index contributed by atoms with van der Waals surface area (Å²) in [5.74, 6) is 0. The predicted molar refractivity (Wildman–Crippen MR) is 79.7 cm³/mol. The highest BCUT2D eigenvalue weighted by Crippen LogP contribution is 2.20. The first-order valence-electron chi connectivity index (χ1n) is 6.14. The summed E-state index contributed by atoms with van der Waals surface area (Å²) in [6.07, 6.45) is 1.90. The standard InChI is InChI=1S/C14H17Cl2N3/c1-9(14-8-18-19(3)10(14)2)17-7-11-4-12(15)6-13(16)5-11/h4-6,8-9,17H,7H2,1-3H3. The number of benzene rings is 1. The number of nitrogens with zero attached hydrogens (tertiary/aromatic N) is 2. The first kappa shape index (κ1) is 14.4. The van der Waals surface area contributed by atoms with Crippen LogP contribution in [-0.2, 0) is 13.6 Å². The second kappa shape index (κ2) is 5.95. The Labute approximate surface area is 123 Å². The highest BCUT2D eigenvalue weighted by atomic mass is 35.5. The molecule has 0 fully saturated rings. The topological polar surface area (TPSA) is 29.9 Å². The zero-order chi connectivity index (χ0) is 14.0. The van der Waals surface area contributed by atoms with E-state index < -0.39 is 0 Å². The van der Waals surface area contributed by atoms with E-state index in [0.717, 1.165) is 12.1 Å². The van der Waals surface area contributed by atoms with Gasteiger partial charge in [-0.05, 0) is 37.6 Å². The molecule has 2 aromatic rings. The molecule has 19 heavy (non-hydrogen) atoms.